The third-order valence-corrected chi connectivity index (χ3v) is 4.96. The summed E-state index contributed by atoms with van der Waals surface area (Å²) in [5.74, 6) is -1.52. The van der Waals surface area contributed by atoms with Crippen molar-refractivity contribution >= 4 is 65.4 Å². The van der Waals surface area contributed by atoms with Gasteiger partial charge in [-0.25, -0.2) is 0 Å². The lowest BCUT2D eigenvalue weighted by Gasteiger charge is -2.13. The van der Waals surface area contributed by atoms with E-state index in [9.17, 15) is 9.59 Å². The molecule has 0 aliphatic carbocycles. The molecule has 0 aliphatic rings. The molecule has 0 heterocycles. The molecule has 17 heavy (non-hydrogen) atoms. The highest BCUT2D eigenvalue weighted by Crippen LogP contribution is 2.19. The second kappa shape index (κ2) is 6.51. The van der Waals surface area contributed by atoms with Crippen LogP contribution in [0.4, 0.5) is 5.69 Å². The van der Waals surface area contributed by atoms with Gasteiger partial charge in [0.1, 0.15) is 9.65 Å². The Bertz CT molecular complexity index is 421. The molecule has 92 valence electrons. The summed E-state index contributed by atoms with van der Waals surface area (Å²) in [6.45, 7) is 0. The summed E-state index contributed by atoms with van der Waals surface area (Å²) in [6, 6.07) is 6.99. The van der Waals surface area contributed by atoms with E-state index >= 15 is 0 Å². The van der Waals surface area contributed by atoms with E-state index in [0.29, 0.717) is 5.69 Å². The lowest BCUT2D eigenvalue weighted by molar-refractivity contribution is -0.137. The number of carbonyl (C=O) groups excluding carboxylic acids is 1. The fourth-order valence-electron chi connectivity index (χ4n) is 1.00. The van der Waals surface area contributed by atoms with E-state index in [2.05, 4.69) is 53.1 Å². The van der Waals surface area contributed by atoms with Gasteiger partial charge in [-0.2, -0.15) is 0 Å². The summed E-state index contributed by atoms with van der Waals surface area (Å²) < 4.78 is 0.898. The average molecular weight is 430 g/mol. The maximum Gasteiger partial charge on any atom is 0.318 e. The average Bonchev–Trinajstić information content (AvgIpc) is 2.30. The number of anilines is 1. The summed E-state index contributed by atoms with van der Waals surface area (Å²) in [6.07, 6.45) is 0. The third-order valence-electron chi connectivity index (χ3n) is 1.86. The van der Waals surface area contributed by atoms with Gasteiger partial charge in [0, 0.05) is 10.2 Å². The number of benzene rings is 1. The third kappa shape index (κ3) is 4.40. The summed E-state index contributed by atoms with van der Waals surface area (Å²) in [4.78, 5) is 20.5. The Kier molecular flexibility index (Phi) is 5.61. The highest BCUT2D eigenvalue weighted by Gasteiger charge is 2.29. The van der Waals surface area contributed by atoms with Gasteiger partial charge in [-0.3, -0.25) is 9.59 Å². The van der Waals surface area contributed by atoms with Gasteiger partial charge in [0.25, 0.3) is 0 Å². The monoisotopic (exact) mass is 427 g/mol. The number of hydrogen-bond acceptors (Lipinski definition) is 2. The minimum absolute atomic E-state index is 0.420. The zero-order valence-corrected chi connectivity index (χ0v) is 13.1. The zero-order chi connectivity index (χ0) is 13.0. The van der Waals surface area contributed by atoms with Gasteiger partial charge >= 0.3 is 5.97 Å². The van der Waals surface area contributed by atoms with E-state index in [1.807, 2.05) is 0 Å². The quantitative estimate of drug-likeness (QED) is 0.723. The van der Waals surface area contributed by atoms with Crippen molar-refractivity contribution in [1.29, 1.82) is 0 Å². The molecule has 0 saturated carbocycles. The smallest absolute Gasteiger partial charge is 0.318 e. The van der Waals surface area contributed by atoms with Crippen LogP contribution in [0, 0.1) is 0 Å². The number of carbonyl (C=O) groups is 2. The van der Waals surface area contributed by atoms with Gasteiger partial charge in [0.15, 0.2) is 0 Å². The number of rotatable bonds is 4. The Morgan fingerprint density at radius 2 is 1.65 bits per heavy atom. The molecule has 0 aliphatic heterocycles. The first kappa shape index (κ1) is 14.7. The first-order valence-electron chi connectivity index (χ1n) is 4.49. The lowest BCUT2D eigenvalue weighted by Crippen LogP contribution is -2.34. The number of halogens is 3. The molecule has 0 fully saturated rings. The molecule has 0 saturated heterocycles. The topological polar surface area (TPSA) is 66.4 Å². The Labute approximate surface area is 123 Å². The van der Waals surface area contributed by atoms with Crippen LogP contribution in [0.1, 0.15) is 0 Å². The van der Waals surface area contributed by atoms with E-state index in [-0.39, 0.29) is 0 Å². The van der Waals surface area contributed by atoms with Crippen LogP contribution >= 0.6 is 47.8 Å². The molecule has 2 N–H and O–H groups in total. The van der Waals surface area contributed by atoms with Crippen LogP contribution in [0.25, 0.3) is 0 Å². The number of amides is 1. The fourth-order valence-corrected chi connectivity index (χ4v) is 1.85. The number of alkyl halides is 2. The highest BCUT2D eigenvalue weighted by atomic mass is 79.9. The normalized spacial score (nSPS) is 13.8. The molecule has 7 heteroatoms. The van der Waals surface area contributed by atoms with E-state index in [1.165, 1.54) is 0 Å². The van der Waals surface area contributed by atoms with Crippen molar-refractivity contribution in [3.8, 4) is 0 Å². The minimum atomic E-state index is -1.10. The Morgan fingerprint density at radius 3 is 2.12 bits per heavy atom. The van der Waals surface area contributed by atoms with Gasteiger partial charge in [0.05, 0.1) is 0 Å². The maximum absolute atomic E-state index is 11.7. The van der Waals surface area contributed by atoms with Crippen LogP contribution in [-0.2, 0) is 9.59 Å². The van der Waals surface area contributed by atoms with Gasteiger partial charge in [-0.1, -0.05) is 47.8 Å². The van der Waals surface area contributed by atoms with Crippen molar-refractivity contribution < 1.29 is 14.7 Å². The molecule has 1 rings (SSSR count). The molecule has 0 bridgehead atoms. The molecule has 1 aromatic rings. The molecular weight excluding hydrogens is 422 g/mol. The van der Waals surface area contributed by atoms with Crippen LogP contribution in [0.3, 0.4) is 0 Å². The van der Waals surface area contributed by atoms with Crippen LogP contribution in [0.15, 0.2) is 28.7 Å². The highest BCUT2D eigenvalue weighted by molar-refractivity contribution is 9.12. The van der Waals surface area contributed by atoms with Crippen LogP contribution in [0.2, 0.25) is 0 Å². The molecule has 0 spiro atoms. The second-order valence-corrected chi connectivity index (χ2v) is 6.03. The van der Waals surface area contributed by atoms with Crippen molar-refractivity contribution in [3.05, 3.63) is 28.7 Å². The number of carboxylic acid groups (broad SMARTS) is 1. The van der Waals surface area contributed by atoms with Crippen LogP contribution < -0.4 is 5.32 Å². The van der Waals surface area contributed by atoms with Crippen LogP contribution in [0.5, 0.6) is 0 Å². The van der Waals surface area contributed by atoms with Gasteiger partial charge in [-0.05, 0) is 24.3 Å². The summed E-state index contributed by atoms with van der Waals surface area (Å²) in [5.41, 5.74) is 0.604. The standard InChI is InChI=1S/C10H8Br3NO3/c11-5-1-3-6(4-2-5)14-9(15)7(12)8(13)10(16)17/h1-4,7-8H,(H,14,15)(H,16,17)/t7-,8-/m1/s1. The molecule has 0 radical (unpaired) electrons. The first-order chi connectivity index (χ1) is 7.91. The number of hydrogen-bond donors (Lipinski definition) is 2. The Hall–Kier alpha value is -0.400. The largest absolute Gasteiger partial charge is 0.480 e. The van der Waals surface area contributed by atoms with Crippen molar-refractivity contribution in [1.82, 2.24) is 0 Å². The Morgan fingerprint density at radius 1 is 1.12 bits per heavy atom. The number of aliphatic carboxylic acids is 1. The molecule has 1 aromatic carbocycles. The summed E-state index contributed by atoms with van der Waals surface area (Å²) >= 11 is 9.23. The van der Waals surface area contributed by atoms with Crippen molar-refractivity contribution in [2.75, 3.05) is 5.32 Å². The maximum atomic E-state index is 11.7. The van der Waals surface area contributed by atoms with E-state index in [1.54, 1.807) is 24.3 Å². The van der Waals surface area contributed by atoms with Crippen molar-refractivity contribution in [3.63, 3.8) is 0 Å². The molecule has 0 unspecified atom stereocenters. The SMILES string of the molecule is O=C(O)[C@H](Br)[C@@H](Br)C(=O)Nc1ccc(Br)cc1. The molecule has 1 amide bonds. The van der Waals surface area contributed by atoms with E-state index in [0.717, 1.165) is 4.47 Å². The van der Waals surface area contributed by atoms with Crippen molar-refractivity contribution in [2.24, 2.45) is 0 Å². The van der Waals surface area contributed by atoms with Crippen LogP contribution in [-0.4, -0.2) is 26.6 Å². The number of nitrogens with one attached hydrogen (secondary N) is 1. The second-order valence-electron chi connectivity index (χ2n) is 3.14. The first-order valence-corrected chi connectivity index (χ1v) is 7.11. The molecule has 4 nitrogen and oxygen atoms in total. The summed E-state index contributed by atoms with van der Waals surface area (Å²) in [7, 11) is 0. The molecular formula is C10H8Br3NO3. The zero-order valence-electron chi connectivity index (χ0n) is 8.36. The summed E-state index contributed by atoms with van der Waals surface area (Å²) in [5, 5.41) is 11.3. The fraction of sp³-hybridized carbons (Fsp3) is 0.200. The predicted octanol–water partition coefficient (Wildman–Crippen LogP) is 3.00. The molecule has 0 aromatic heterocycles. The Balaban J connectivity index is 2.66. The van der Waals surface area contributed by atoms with Gasteiger partial charge < -0.3 is 10.4 Å². The number of carboxylic acids is 1. The van der Waals surface area contributed by atoms with Crippen molar-refractivity contribution in [2.45, 2.75) is 9.65 Å². The van der Waals surface area contributed by atoms with E-state index < -0.39 is 21.5 Å². The minimum Gasteiger partial charge on any atom is -0.480 e. The van der Waals surface area contributed by atoms with Gasteiger partial charge in [-0.15, -0.1) is 0 Å². The predicted molar refractivity (Wildman–Crippen MR) is 75.8 cm³/mol. The van der Waals surface area contributed by atoms with E-state index in [4.69, 9.17) is 5.11 Å². The lowest BCUT2D eigenvalue weighted by atomic mass is 10.2. The van der Waals surface area contributed by atoms with Gasteiger partial charge in [0.2, 0.25) is 5.91 Å². The molecule has 2 atom stereocenters.